The first-order valence-corrected chi connectivity index (χ1v) is 6.51. The third-order valence-corrected chi connectivity index (χ3v) is 3.81. The number of nitrogens with one attached hydrogen (secondary N) is 1. The fraction of sp³-hybridized carbons (Fsp3) is 1.00. The maximum atomic E-state index is 8.99. The minimum absolute atomic E-state index is 0.299. The number of hydrogen-bond acceptors (Lipinski definition) is 2. The first-order chi connectivity index (χ1) is 7.17. The molecule has 0 heterocycles. The number of aliphatic hydroxyl groups excluding tert-OH is 1. The minimum atomic E-state index is 0.299. The van der Waals surface area contributed by atoms with Crippen molar-refractivity contribution in [2.45, 2.75) is 52.5 Å². The molecule has 4 unspecified atom stereocenters. The van der Waals surface area contributed by atoms with Crippen LogP contribution in [0.4, 0.5) is 0 Å². The molecule has 1 rings (SSSR count). The van der Waals surface area contributed by atoms with Crippen LogP contribution in [0.5, 0.6) is 0 Å². The predicted octanol–water partition coefficient (Wildman–Crippen LogP) is 2.42. The largest absolute Gasteiger partial charge is 0.396 e. The Hall–Kier alpha value is -0.0800. The van der Waals surface area contributed by atoms with Gasteiger partial charge in [0.2, 0.25) is 0 Å². The molecule has 0 saturated heterocycles. The van der Waals surface area contributed by atoms with Crippen LogP contribution in [0.2, 0.25) is 0 Å². The van der Waals surface area contributed by atoms with Crippen LogP contribution in [0, 0.1) is 17.8 Å². The molecule has 90 valence electrons. The molecule has 0 aromatic carbocycles. The van der Waals surface area contributed by atoms with Crippen molar-refractivity contribution in [1.82, 2.24) is 5.32 Å². The molecule has 0 aromatic heterocycles. The quantitative estimate of drug-likeness (QED) is 0.735. The SMILES string of the molecule is CCC1CC(C)CCC1NCC(C)CO. The van der Waals surface area contributed by atoms with Gasteiger partial charge < -0.3 is 10.4 Å². The smallest absolute Gasteiger partial charge is 0.0468 e. The highest BCUT2D eigenvalue weighted by Crippen LogP contribution is 2.30. The molecule has 1 saturated carbocycles. The van der Waals surface area contributed by atoms with E-state index in [1.807, 2.05) is 0 Å². The summed E-state index contributed by atoms with van der Waals surface area (Å²) in [7, 11) is 0. The lowest BCUT2D eigenvalue weighted by Gasteiger charge is -2.35. The third-order valence-electron chi connectivity index (χ3n) is 3.81. The molecule has 0 spiro atoms. The molecule has 2 nitrogen and oxygen atoms in total. The Labute approximate surface area is 94.5 Å². The number of rotatable bonds is 5. The maximum Gasteiger partial charge on any atom is 0.0468 e. The van der Waals surface area contributed by atoms with Crippen LogP contribution in [0.15, 0.2) is 0 Å². The average Bonchev–Trinajstić information content (AvgIpc) is 2.26. The van der Waals surface area contributed by atoms with Gasteiger partial charge in [-0.1, -0.05) is 27.2 Å². The van der Waals surface area contributed by atoms with Gasteiger partial charge in [0, 0.05) is 19.2 Å². The second-order valence-corrected chi connectivity index (χ2v) is 5.39. The van der Waals surface area contributed by atoms with Gasteiger partial charge in [-0.05, 0) is 37.0 Å². The van der Waals surface area contributed by atoms with Crippen molar-refractivity contribution in [3.8, 4) is 0 Å². The first-order valence-electron chi connectivity index (χ1n) is 6.51. The van der Waals surface area contributed by atoms with Gasteiger partial charge in [0.25, 0.3) is 0 Å². The van der Waals surface area contributed by atoms with Crippen LogP contribution < -0.4 is 5.32 Å². The van der Waals surface area contributed by atoms with Gasteiger partial charge in [0.15, 0.2) is 0 Å². The lowest BCUT2D eigenvalue weighted by Crippen LogP contribution is -2.42. The van der Waals surface area contributed by atoms with Crippen molar-refractivity contribution in [2.24, 2.45) is 17.8 Å². The van der Waals surface area contributed by atoms with E-state index in [2.05, 4.69) is 26.1 Å². The number of aliphatic hydroxyl groups is 1. The summed E-state index contributed by atoms with van der Waals surface area (Å²) in [5, 5.41) is 12.6. The molecule has 2 N–H and O–H groups in total. The highest BCUT2D eigenvalue weighted by Gasteiger charge is 2.26. The molecule has 15 heavy (non-hydrogen) atoms. The van der Waals surface area contributed by atoms with Crippen LogP contribution in [0.3, 0.4) is 0 Å². The summed E-state index contributed by atoms with van der Waals surface area (Å²) in [6, 6.07) is 0.695. The topological polar surface area (TPSA) is 32.3 Å². The number of hydrogen-bond donors (Lipinski definition) is 2. The van der Waals surface area contributed by atoms with E-state index in [9.17, 15) is 0 Å². The van der Waals surface area contributed by atoms with Gasteiger partial charge in [-0.2, -0.15) is 0 Å². The summed E-state index contributed by atoms with van der Waals surface area (Å²) in [6.07, 6.45) is 5.34. The zero-order valence-electron chi connectivity index (χ0n) is 10.5. The Bertz CT molecular complexity index is 172. The summed E-state index contributed by atoms with van der Waals surface area (Å²) in [4.78, 5) is 0. The highest BCUT2D eigenvalue weighted by molar-refractivity contribution is 4.83. The summed E-state index contributed by atoms with van der Waals surface area (Å²) in [6.45, 7) is 8.03. The molecular weight excluding hydrogens is 186 g/mol. The van der Waals surface area contributed by atoms with Crippen molar-refractivity contribution in [3.05, 3.63) is 0 Å². The Balaban J connectivity index is 2.32. The maximum absolute atomic E-state index is 8.99. The molecule has 0 radical (unpaired) electrons. The summed E-state index contributed by atoms with van der Waals surface area (Å²) >= 11 is 0. The van der Waals surface area contributed by atoms with Crippen molar-refractivity contribution in [1.29, 1.82) is 0 Å². The van der Waals surface area contributed by atoms with Gasteiger partial charge in [-0.3, -0.25) is 0 Å². The van der Waals surface area contributed by atoms with Gasteiger partial charge in [-0.25, -0.2) is 0 Å². The van der Waals surface area contributed by atoms with Crippen LogP contribution in [-0.4, -0.2) is 24.3 Å². The van der Waals surface area contributed by atoms with Crippen molar-refractivity contribution in [3.63, 3.8) is 0 Å². The molecule has 0 bridgehead atoms. The summed E-state index contributed by atoms with van der Waals surface area (Å²) in [5.41, 5.74) is 0. The van der Waals surface area contributed by atoms with E-state index in [0.29, 0.717) is 18.6 Å². The van der Waals surface area contributed by atoms with E-state index < -0.39 is 0 Å². The molecule has 1 aliphatic rings. The predicted molar refractivity (Wildman–Crippen MR) is 64.8 cm³/mol. The van der Waals surface area contributed by atoms with Crippen LogP contribution in [0.1, 0.15) is 46.5 Å². The fourth-order valence-electron chi connectivity index (χ4n) is 2.64. The van der Waals surface area contributed by atoms with Crippen LogP contribution >= 0.6 is 0 Å². The second kappa shape index (κ2) is 6.49. The van der Waals surface area contributed by atoms with E-state index in [1.54, 1.807) is 0 Å². The van der Waals surface area contributed by atoms with Gasteiger partial charge in [0.05, 0.1) is 0 Å². The van der Waals surface area contributed by atoms with E-state index in [0.717, 1.165) is 18.4 Å². The fourth-order valence-corrected chi connectivity index (χ4v) is 2.64. The zero-order valence-corrected chi connectivity index (χ0v) is 10.5. The Kier molecular flexibility index (Phi) is 5.62. The Morgan fingerprint density at radius 3 is 2.73 bits per heavy atom. The van der Waals surface area contributed by atoms with Crippen molar-refractivity contribution < 1.29 is 5.11 Å². The molecule has 2 heteroatoms. The average molecular weight is 213 g/mol. The highest BCUT2D eigenvalue weighted by atomic mass is 16.3. The molecule has 1 aliphatic carbocycles. The summed E-state index contributed by atoms with van der Waals surface area (Å²) < 4.78 is 0. The van der Waals surface area contributed by atoms with E-state index in [-0.39, 0.29) is 0 Å². The van der Waals surface area contributed by atoms with E-state index in [1.165, 1.54) is 25.7 Å². The lowest BCUT2D eigenvalue weighted by molar-refractivity contribution is 0.185. The Morgan fingerprint density at radius 2 is 2.13 bits per heavy atom. The Morgan fingerprint density at radius 1 is 1.40 bits per heavy atom. The molecule has 0 aromatic rings. The molecule has 4 atom stereocenters. The second-order valence-electron chi connectivity index (χ2n) is 5.39. The lowest BCUT2D eigenvalue weighted by atomic mass is 9.77. The minimum Gasteiger partial charge on any atom is -0.396 e. The van der Waals surface area contributed by atoms with Gasteiger partial charge in [-0.15, -0.1) is 0 Å². The molecule has 0 amide bonds. The van der Waals surface area contributed by atoms with Crippen LogP contribution in [0.25, 0.3) is 0 Å². The zero-order chi connectivity index (χ0) is 11.3. The third kappa shape index (κ3) is 4.12. The van der Waals surface area contributed by atoms with E-state index >= 15 is 0 Å². The first kappa shape index (κ1) is 13.0. The molecular formula is C13H27NO. The van der Waals surface area contributed by atoms with E-state index in [4.69, 9.17) is 5.11 Å². The van der Waals surface area contributed by atoms with Crippen molar-refractivity contribution >= 4 is 0 Å². The van der Waals surface area contributed by atoms with Crippen molar-refractivity contribution in [2.75, 3.05) is 13.2 Å². The normalized spacial score (nSPS) is 34.0. The summed E-state index contributed by atoms with van der Waals surface area (Å²) in [5.74, 6) is 2.14. The van der Waals surface area contributed by atoms with Gasteiger partial charge in [0.1, 0.15) is 0 Å². The molecule has 1 fully saturated rings. The molecule has 0 aliphatic heterocycles. The monoisotopic (exact) mass is 213 g/mol. The van der Waals surface area contributed by atoms with Crippen LogP contribution in [-0.2, 0) is 0 Å². The van der Waals surface area contributed by atoms with Gasteiger partial charge >= 0.3 is 0 Å². The standard InChI is InChI=1S/C13H27NO/c1-4-12-7-10(2)5-6-13(12)14-8-11(3)9-15/h10-15H,4-9H2,1-3H3.